The van der Waals surface area contributed by atoms with Crippen LogP contribution in [0.2, 0.25) is 0 Å². The molecule has 3 nitrogen and oxygen atoms in total. The van der Waals surface area contributed by atoms with E-state index in [2.05, 4.69) is 10.4 Å². The van der Waals surface area contributed by atoms with Crippen LogP contribution in [0, 0.1) is 11.7 Å². The minimum Gasteiger partial charge on any atom is -0.362 e. The summed E-state index contributed by atoms with van der Waals surface area (Å²) >= 11 is 0. The average Bonchev–Trinajstić information content (AvgIpc) is 3.12. The molecule has 1 heterocycles. The monoisotopic (exact) mass is 245 g/mol. The largest absolute Gasteiger partial charge is 0.362 e. The maximum atomic E-state index is 13.0. The number of anilines is 1. The van der Waals surface area contributed by atoms with E-state index in [1.807, 2.05) is 31.4 Å². The van der Waals surface area contributed by atoms with Gasteiger partial charge in [0.05, 0.1) is 6.04 Å². The van der Waals surface area contributed by atoms with E-state index in [-0.39, 0.29) is 11.9 Å². The van der Waals surface area contributed by atoms with Crippen LogP contribution < -0.4 is 5.32 Å². The normalized spacial score (nSPS) is 16.6. The molecule has 0 radical (unpaired) electrons. The van der Waals surface area contributed by atoms with Crippen molar-refractivity contribution in [3.63, 3.8) is 0 Å². The lowest BCUT2D eigenvalue weighted by atomic mass is 10.0. The number of aromatic nitrogens is 2. The Balaban J connectivity index is 1.82. The van der Waals surface area contributed by atoms with Gasteiger partial charge in [0.1, 0.15) is 11.6 Å². The minimum absolute atomic E-state index is 0.189. The fourth-order valence-corrected chi connectivity index (χ4v) is 2.22. The molecular formula is C14H16FN3. The summed E-state index contributed by atoms with van der Waals surface area (Å²) in [5.41, 5.74) is 1.13. The van der Waals surface area contributed by atoms with Gasteiger partial charge in [-0.1, -0.05) is 12.1 Å². The molecule has 1 aliphatic carbocycles. The zero-order valence-electron chi connectivity index (χ0n) is 10.3. The van der Waals surface area contributed by atoms with Crippen LogP contribution in [0.15, 0.2) is 36.5 Å². The SMILES string of the molecule is Cn1ccc(NC(c2ccc(F)cc2)C2CC2)n1. The summed E-state index contributed by atoms with van der Waals surface area (Å²) in [6, 6.07) is 8.94. The number of benzene rings is 1. The first-order chi connectivity index (χ1) is 8.72. The van der Waals surface area contributed by atoms with Crippen molar-refractivity contribution in [2.75, 3.05) is 5.32 Å². The van der Waals surface area contributed by atoms with Gasteiger partial charge in [-0.2, -0.15) is 5.10 Å². The fraction of sp³-hybridized carbons (Fsp3) is 0.357. The Kier molecular flexibility index (Phi) is 2.78. The van der Waals surface area contributed by atoms with Crippen molar-refractivity contribution < 1.29 is 4.39 Å². The third-order valence-electron chi connectivity index (χ3n) is 3.34. The Hall–Kier alpha value is -1.84. The summed E-state index contributed by atoms with van der Waals surface area (Å²) in [6.45, 7) is 0. The molecule has 1 saturated carbocycles. The minimum atomic E-state index is -0.189. The highest BCUT2D eigenvalue weighted by Gasteiger charge is 2.32. The van der Waals surface area contributed by atoms with Crippen molar-refractivity contribution in [1.29, 1.82) is 0 Å². The van der Waals surface area contributed by atoms with Crippen molar-refractivity contribution in [2.24, 2.45) is 13.0 Å². The van der Waals surface area contributed by atoms with Gasteiger partial charge in [-0.3, -0.25) is 4.68 Å². The number of nitrogens with zero attached hydrogens (tertiary/aromatic N) is 2. The van der Waals surface area contributed by atoms with E-state index < -0.39 is 0 Å². The number of nitrogens with one attached hydrogen (secondary N) is 1. The maximum Gasteiger partial charge on any atom is 0.148 e. The Morgan fingerprint density at radius 3 is 2.56 bits per heavy atom. The Morgan fingerprint density at radius 2 is 2.00 bits per heavy atom. The molecule has 1 atom stereocenters. The molecule has 4 heteroatoms. The van der Waals surface area contributed by atoms with E-state index in [1.165, 1.54) is 25.0 Å². The summed E-state index contributed by atoms with van der Waals surface area (Å²) in [7, 11) is 1.90. The quantitative estimate of drug-likeness (QED) is 0.897. The van der Waals surface area contributed by atoms with Crippen LogP contribution in [0.1, 0.15) is 24.4 Å². The molecule has 2 aromatic rings. The molecule has 18 heavy (non-hydrogen) atoms. The molecule has 1 aliphatic rings. The molecule has 0 spiro atoms. The average molecular weight is 245 g/mol. The topological polar surface area (TPSA) is 29.9 Å². The third-order valence-corrected chi connectivity index (χ3v) is 3.34. The molecule has 0 saturated heterocycles. The predicted molar refractivity (Wildman–Crippen MR) is 68.7 cm³/mol. The second-order valence-electron chi connectivity index (χ2n) is 4.89. The zero-order valence-corrected chi connectivity index (χ0v) is 10.3. The fourth-order valence-electron chi connectivity index (χ4n) is 2.22. The highest BCUT2D eigenvalue weighted by Crippen LogP contribution is 2.42. The summed E-state index contributed by atoms with van der Waals surface area (Å²) in [4.78, 5) is 0. The van der Waals surface area contributed by atoms with Gasteiger partial charge in [-0.25, -0.2) is 4.39 Å². The number of hydrogen-bond donors (Lipinski definition) is 1. The first kappa shape index (κ1) is 11.3. The smallest absolute Gasteiger partial charge is 0.148 e. The lowest BCUT2D eigenvalue weighted by molar-refractivity contribution is 0.622. The van der Waals surface area contributed by atoms with E-state index in [0.717, 1.165) is 11.4 Å². The van der Waals surface area contributed by atoms with Crippen molar-refractivity contribution in [3.05, 3.63) is 47.9 Å². The number of rotatable bonds is 4. The lowest BCUT2D eigenvalue weighted by Gasteiger charge is -2.18. The van der Waals surface area contributed by atoms with E-state index in [0.29, 0.717) is 5.92 Å². The van der Waals surface area contributed by atoms with Crippen molar-refractivity contribution in [3.8, 4) is 0 Å². The Morgan fingerprint density at radius 1 is 1.28 bits per heavy atom. The molecule has 1 aromatic heterocycles. The van der Waals surface area contributed by atoms with Gasteiger partial charge >= 0.3 is 0 Å². The molecule has 94 valence electrons. The molecule has 0 bridgehead atoms. The van der Waals surface area contributed by atoms with Gasteiger partial charge in [0.25, 0.3) is 0 Å². The van der Waals surface area contributed by atoms with Crippen LogP contribution in [0.5, 0.6) is 0 Å². The molecule has 1 unspecified atom stereocenters. The molecular weight excluding hydrogens is 229 g/mol. The summed E-state index contributed by atoms with van der Waals surface area (Å²) in [6.07, 6.45) is 4.36. The van der Waals surface area contributed by atoms with E-state index in [4.69, 9.17) is 0 Å². The van der Waals surface area contributed by atoms with Crippen molar-refractivity contribution >= 4 is 5.82 Å². The third kappa shape index (κ3) is 2.37. The van der Waals surface area contributed by atoms with Gasteiger partial charge in [-0.15, -0.1) is 0 Å². The summed E-state index contributed by atoms with van der Waals surface area (Å²) in [5, 5.41) is 7.78. The standard InChI is InChI=1S/C14H16FN3/c1-18-9-8-13(17-18)16-14(10-2-3-10)11-4-6-12(15)7-5-11/h4-10,14H,2-3H2,1H3,(H,16,17). The van der Waals surface area contributed by atoms with Gasteiger partial charge in [0.15, 0.2) is 0 Å². The van der Waals surface area contributed by atoms with Crippen LogP contribution in [0.3, 0.4) is 0 Å². The van der Waals surface area contributed by atoms with E-state index in [1.54, 1.807) is 4.68 Å². The highest BCUT2D eigenvalue weighted by molar-refractivity contribution is 5.38. The second kappa shape index (κ2) is 4.44. The zero-order chi connectivity index (χ0) is 12.5. The van der Waals surface area contributed by atoms with Crippen LogP contribution in [0.25, 0.3) is 0 Å². The lowest BCUT2D eigenvalue weighted by Crippen LogP contribution is -2.13. The maximum absolute atomic E-state index is 13.0. The second-order valence-corrected chi connectivity index (χ2v) is 4.89. The predicted octanol–water partition coefficient (Wildman–Crippen LogP) is 3.12. The molecule has 1 fully saturated rings. The van der Waals surface area contributed by atoms with Gasteiger partial charge < -0.3 is 5.32 Å². The molecule has 1 N–H and O–H groups in total. The Labute approximate surface area is 106 Å². The van der Waals surface area contributed by atoms with Crippen LogP contribution in [-0.4, -0.2) is 9.78 Å². The highest BCUT2D eigenvalue weighted by atomic mass is 19.1. The molecule has 3 rings (SSSR count). The molecule has 0 amide bonds. The summed E-state index contributed by atoms with van der Waals surface area (Å²) in [5.74, 6) is 1.32. The Bertz CT molecular complexity index is 528. The number of hydrogen-bond acceptors (Lipinski definition) is 2. The van der Waals surface area contributed by atoms with Gasteiger partial charge in [0.2, 0.25) is 0 Å². The van der Waals surface area contributed by atoms with Gasteiger partial charge in [-0.05, 0) is 36.5 Å². The summed E-state index contributed by atoms with van der Waals surface area (Å²) < 4.78 is 14.7. The van der Waals surface area contributed by atoms with Gasteiger partial charge in [0, 0.05) is 19.3 Å². The van der Waals surface area contributed by atoms with Crippen LogP contribution in [0.4, 0.5) is 10.2 Å². The first-order valence-electron chi connectivity index (χ1n) is 6.24. The molecule has 0 aliphatic heterocycles. The van der Waals surface area contributed by atoms with Crippen LogP contribution >= 0.6 is 0 Å². The van der Waals surface area contributed by atoms with E-state index >= 15 is 0 Å². The van der Waals surface area contributed by atoms with Crippen LogP contribution in [-0.2, 0) is 7.05 Å². The first-order valence-corrected chi connectivity index (χ1v) is 6.24. The number of aryl methyl sites for hydroxylation is 1. The van der Waals surface area contributed by atoms with Crippen molar-refractivity contribution in [1.82, 2.24) is 9.78 Å². The van der Waals surface area contributed by atoms with Crippen molar-refractivity contribution in [2.45, 2.75) is 18.9 Å². The molecule has 1 aromatic carbocycles. The number of halogens is 1. The van der Waals surface area contributed by atoms with E-state index in [9.17, 15) is 4.39 Å².